The highest BCUT2D eigenvalue weighted by Crippen LogP contribution is 2.24. The van der Waals surface area contributed by atoms with Gasteiger partial charge in [0.25, 0.3) is 0 Å². The highest BCUT2D eigenvalue weighted by atomic mass is 16.4. The fourth-order valence-corrected chi connectivity index (χ4v) is 2.80. The van der Waals surface area contributed by atoms with Crippen LogP contribution in [-0.2, 0) is 11.2 Å². The smallest absolute Gasteiger partial charge is 0.307 e. The molecule has 1 N–H and O–H groups in total. The summed E-state index contributed by atoms with van der Waals surface area (Å²) in [5, 5.41) is 13.5. The number of likely N-dealkylation sites (N-methyl/N-ethyl adjacent to an activating group) is 1. The summed E-state index contributed by atoms with van der Waals surface area (Å²) in [6, 6.07) is 0.380. The van der Waals surface area contributed by atoms with E-state index in [2.05, 4.69) is 17.0 Å². The van der Waals surface area contributed by atoms with Crippen LogP contribution >= 0.6 is 0 Å². The molecule has 0 aliphatic carbocycles. The van der Waals surface area contributed by atoms with Gasteiger partial charge in [0.1, 0.15) is 0 Å². The standard InChI is InChI=1S/C13H21N3O2/c1-9-12(7-13(17)18)10(2)16(14-9)11-5-4-6-15(3)8-11/h11H,4-8H2,1-3H3,(H,17,18). The van der Waals surface area contributed by atoms with Crippen LogP contribution in [0.1, 0.15) is 35.8 Å². The van der Waals surface area contributed by atoms with Crippen LogP contribution in [0.5, 0.6) is 0 Å². The molecule has 0 saturated carbocycles. The van der Waals surface area contributed by atoms with E-state index in [1.807, 2.05) is 18.5 Å². The average molecular weight is 251 g/mol. The van der Waals surface area contributed by atoms with Crippen molar-refractivity contribution in [2.75, 3.05) is 20.1 Å². The minimum Gasteiger partial charge on any atom is -0.481 e. The van der Waals surface area contributed by atoms with E-state index in [1.165, 1.54) is 6.42 Å². The van der Waals surface area contributed by atoms with E-state index in [0.29, 0.717) is 6.04 Å². The van der Waals surface area contributed by atoms with E-state index in [1.54, 1.807) is 0 Å². The Balaban J connectivity index is 2.25. The number of aromatic nitrogens is 2. The molecule has 1 aliphatic heterocycles. The SMILES string of the molecule is Cc1nn(C2CCCN(C)C2)c(C)c1CC(=O)O. The number of hydrogen-bond donors (Lipinski definition) is 1. The van der Waals surface area contributed by atoms with E-state index in [-0.39, 0.29) is 6.42 Å². The molecule has 18 heavy (non-hydrogen) atoms. The molecule has 0 bridgehead atoms. The lowest BCUT2D eigenvalue weighted by Gasteiger charge is -2.30. The zero-order valence-electron chi connectivity index (χ0n) is 11.3. The third-order valence-corrected chi connectivity index (χ3v) is 3.75. The molecule has 2 rings (SSSR count). The molecular weight excluding hydrogens is 230 g/mol. The van der Waals surface area contributed by atoms with Crippen LogP contribution in [0.4, 0.5) is 0 Å². The summed E-state index contributed by atoms with van der Waals surface area (Å²) in [6.07, 6.45) is 2.37. The minimum absolute atomic E-state index is 0.0697. The van der Waals surface area contributed by atoms with Crippen LogP contribution < -0.4 is 0 Å². The molecule has 5 heteroatoms. The van der Waals surface area contributed by atoms with Gasteiger partial charge in [-0.05, 0) is 40.3 Å². The number of aliphatic carboxylic acids is 1. The molecule has 100 valence electrons. The Hall–Kier alpha value is -1.36. The van der Waals surface area contributed by atoms with Crippen LogP contribution in [0.25, 0.3) is 0 Å². The summed E-state index contributed by atoms with van der Waals surface area (Å²) < 4.78 is 2.03. The first-order valence-corrected chi connectivity index (χ1v) is 6.44. The zero-order chi connectivity index (χ0) is 13.3. The fraction of sp³-hybridized carbons (Fsp3) is 0.692. The molecule has 2 heterocycles. The summed E-state index contributed by atoms with van der Waals surface area (Å²) in [7, 11) is 2.12. The number of aryl methyl sites for hydroxylation is 1. The van der Waals surface area contributed by atoms with Gasteiger partial charge in [-0.15, -0.1) is 0 Å². The molecule has 1 fully saturated rings. The number of nitrogens with zero attached hydrogens (tertiary/aromatic N) is 3. The first-order chi connectivity index (χ1) is 8.49. The Morgan fingerprint density at radius 2 is 2.22 bits per heavy atom. The fourth-order valence-electron chi connectivity index (χ4n) is 2.80. The third kappa shape index (κ3) is 2.56. The molecular formula is C13H21N3O2. The molecule has 0 amide bonds. The van der Waals surface area contributed by atoms with Gasteiger partial charge in [0.2, 0.25) is 0 Å². The second-order valence-corrected chi connectivity index (χ2v) is 5.22. The first kappa shape index (κ1) is 13.1. The van der Waals surface area contributed by atoms with Gasteiger partial charge in [-0.25, -0.2) is 0 Å². The lowest BCUT2D eigenvalue weighted by Crippen LogP contribution is -2.34. The highest BCUT2D eigenvalue weighted by molar-refractivity contribution is 5.70. The van der Waals surface area contributed by atoms with Crippen molar-refractivity contribution in [3.8, 4) is 0 Å². The van der Waals surface area contributed by atoms with Crippen LogP contribution in [0.15, 0.2) is 0 Å². The number of carboxylic acid groups (broad SMARTS) is 1. The van der Waals surface area contributed by atoms with Crippen molar-refractivity contribution in [1.82, 2.24) is 14.7 Å². The normalized spacial score (nSPS) is 21.2. The Morgan fingerprint density at radius 3 is 2.83 bits per heavy atom. The minimum atomic E-state index is -0.790. The van der Waals surface area contributed by atoms with Gasteiger partial charge >= 0.3 is 5.97 Å². The van der Waals surface area contributed by atoms with E-state index in [0.717, 1.165) is 36.5 Å². The van der Waals surface area contributed by atoms with Crippen molar-refractivity contribution in [3.63, 3.8) is 0 Å². The lowest BCUT2D eigenvalue weighted by molar-refractivity contribution is -0.136. The second kappa shape index (κ2) is 5.10. The quantitative estimate of drug-likeness (QED) is 0.882. The molecule has 1 aliphatic rings. The summed E-state index contributed by atoms with van der Waals surface area (Å²) in [5.41, 5.74) is 2.73. The van der Waals surface area contributed by atoms with E-state index in [4.69, 9.17) is 5.11 Å². The van der Waals surface area contributed by atoms with Crippen molar-refractivity contribution in [1.29, 1.82) is 0 Å². The number of carbonyl (C=O) groups is 1. The molecule has 1 saturated heterocycles. The maximum absolute atomic E-state index is 10.9. The van der Waals surface area contributed by atoms with E-state index >= 15 is 0 Å². The van der Waals surface area contributed by atoms with Crippen molar-refractivity contribution in [2.45, 2.75) is 39.2 Å². The molecule has 5 nitrogen and oxygen atoms in total. The number of likely N-dealkylation sites (tertiary alicyclic amines) is 1. The Kier molecular flexibility index (Phi) is 3.71. The van der Waals surface area contributed by atoms with Gasteiger partial charge in [0, 0.05) is 17.8 Å². The van der Waals surface area contributed by atoms with Gasteiger partial charge in [0.05, 0.1) is 18.2 Å². The predicted octanol–water partition coefficient (Wildman–Crippen LogP) is 1.39. The summed E-state index contributed by atoms with van der Waals surface area (Å²) in [6.45, 7) is 6.01. The van der Waals surface area contributed by atoms with Crippen molar-refractivity contribution in [3.05, 3.63) is 17.0 Å². The molecule has 1 aromatic rings. The van der Waals surface area contributed by atoms with Crippen LogP contribution in [0.3, 0.4) is 0 Å². The summed E-state index contributed by atoms with van der Waals surface area (Å²) in [4.78, 5) is 13.2. The molecule has 0 aromatic carbocycles. The van der Waals surface area contributed by atoms with Gasteiger partial charge < -0.3 is 10.0 Å². The molecule has 1 aromatic heterocycles. The Labute approximate surface area is 107 Å². The van der Waals surface area contributed by atoms with Crippen molar-refractivity contribution < 1.29 is 9.90 Å². The third-order valence-electron chi connectivity index (χ3n) is 3.75. The highest BCUT2D eigenvalue weighted by Gasteiger charge is 2.23. The Morgan fingerprint density at radius 1 is 1.50 bits per heavy atom. The summed E-state index contributed by atoms with van der Waals surface area (Å²) >= 11 is 0. The largest absolute Gasteiger partial charge is 0.481 e. The molecule has 1 unspecified atom stereocenters. The van der Waals surface area contributed by atoms with Gasteiger partial charge in [-0.3, -0.25) is 9.48 Å². The zero-order valence-corrected chi connectivity index (χ0v) is 11.3. The van der Waals surface area contributed by atoms with Crippen LogP contribution in [0, 0.1) is 13.8 Å². The van der Waals surface area contributed by atoms with E-state index < -0.39 is 5.97 Å². The number of hydrogen-bond acceptors (Lipinski definition) is 3. The average Bonchev–Trinajstić information content (AvgIpc) is 2.56. The van der Waals surface area contributed by atoms with Crippen LogP contribution in [-0.4, -0.2) is 45.9 Å². The maximum atomic E-state index is 10.9. The Bertz CT molecular complexity index is 453. The second-order valence-electron chi connectivity index (χ2n) is 5.22. The van der Waals surface area contributed by atoms with E-state index in [9.17, 15) is 4.79 Å². The first-order valence-electron chi connectivity index (χ1n) is 6.44. The molecule has 0 spiro atoms. The number of carboxylic acids is 1. The van der Waals surface area contributed by atoms with Crippen molar-refractivity contribution >= 4 is 5.97 Å². The predicted molar refractivity (Wildman–Crippen MR) is 68.8 cm³/mol. The van der Waals surface area contributed by atoms with Crippen molar-refractivity contribution in [2.24, 2.45) is 0 Å². The van der Waals surface area contributed by atoms with Gasteiger partial charge in [-0.2, -0.15) is 5.10 Å². The van der Waals surface area contributed by atoms with Crippen LogP contribution in [0.2, 0.25) is 0 Å². The monoisotopic (exact) mass is 251 g/mol. The molecule has 1 atom stereocenters. The number of rotatable bonds is 3. The summed E-state index contributed by atoms with van der Waals surface area (Å²) in [5.74, 6) is -0.790. The maximum Gasteiger partial charge on any atom is 0.307 e. The van der Waals surface area contributed by atoms with Gasteiger partial charge in [-0.1, -0.05) is 0 Å². The molecule has 0 radical (unpaired) electrons. The number of piperidine rings is 1. The van der Waals surface area contributed by atoms with Gasteiger partial charge in [0.15, 0.2) is 0 Å². The lowest BCUT2D eigenvalue weighted by atomic mass is 10.1. The topological polar surface area (TPSA) is 58.4 Å².